The van der Waals surface area contributed by atoms with Crippen LogP contribution < -0.4 is 16.2 Å². The standard InChI is InChI=1S/C11H21N3OS/c1-7(2)4-5-12-11(16)14-13-10(15)9-6-8(9)3/h7-9H,4-6H2,1-3H3,(H,13,15)(H2,12,14,16)/t8-,9-/m0/s1. The molecule has 1 rings (SSSR count). The van der Waals surface area contributed by atoms with Gasteiger partial charge in [-0.2, -0.15) is 0 Å². The van der Waals surface area contributed by atoms with Crippen LogP contribution in [0.5, 0.6) is 0 Å². The zero-order valence-electron chi connectivity index (χ0n) is 10.2. The minimum atomic E-state index is 0.0421. The number of hydrazine groups is 1. The largest absolute Gasteiger partial charge is 0.361 e. The maximum atomic E-state index is 11.4. The molecule has 0 spiro atoms. The first-order chi connectivity index (χ1) is 7.50. The van der Waals surface area contributed by atoms with Crippen LogP contribution >= 0.6 is 12.2 Å². The van der Waals surface area contributed by atoms with Gasteiger partial charge in [0.05, 0.1) is 0 Å². The molecule has 0 unspecified atom stereocenters. The highest BCUT2D eigenvalue weighted by Gasteiger charge is 2.39. The second-order valence-electron chi connectivity index (χ2n) is 4.87. The number of carbonyl (C=O) groups is 1. The third-order valence-electron chi connectivity index (χ3n) is 2.75. The third kappa shape index (κ3) is 4.79. The van der Waals surface area contributed by atoms with E-state index in [1.54, 1.807) is 0 Å². The molecule has 0 saturated heterocycles. The summed E-state index contributed by atoms with van der Waals surface area (Å²) >= 11 is 5.02. The van der Waals surface area contributed by atoms with E-state index in [1.807, 2.05) is 0 Å². The summed E-state index contributed by atoms with van der Waals surface area (Å²) in [6.07, 6.45) is 2.05. The van der Waals surface area contributed by atoms with Crippen LogP contribution in [0.4, 0.5) is 0 Å². The summed E-state index contributed by atoms with van der Waals surface area (Å²) < 4.78 is 0. The molecule has 5 heteroatoms. The first-order valence-corrected chi connectivity index (χ1v) is 6.25. The highest BCUT2D eigenvalue weighted by Crippen LogP contribution is 2.37. The van der Waals surface area contributed by atoms with E-state index < -0.39 is 0 Å². The van der Waals surface area contributed by atoms with Gasteiger partial charge in [0.15, 0.2) is 5.11 Å². The molecule has 16 heavy (non-hydrogen) atoms. The molecule has 4 nitrogen and oxygen atoms in total. The van der Waals surface area contributed by atoms with E-state index in [0.29, 0.717) is 16.9 Å². The fourth-order valence-corrected chi connectivity index (χ4v) is 1.57. The number of nitrogens with one attached hydrogen (secondary N) is 3. The summed E-state index contributed by atoms with van der Waals surface area (Å²) in [4.78, 5) is 11.4. The van der Waals surface area contributed by atoms with E-state index in [2.05, 4.69) is 36.9 Å². The van der Waals surface area contributed by atoms with Crippen LogP contribution in [0.25, 0.3) is 0 Å². The van der Waals surface area contributed by atoms with Crippen LogP contribution in [-0.4, -0.2) is 17.6 Å². The molecule has 1 aliphatic carbocycles. The van der Waals surface area contributed by atoms with Crippen molar-refractivity contribution in [3.63, 3.8) is 0 Å². The Bertz CT molecular complexity index is 268. The lowest BCUT2D eigenvalue weighted by Gasteiger charge is -2.12. The molecule has 3 N–H and O–H groups in total. The third-order valence-corrected chi connectivity index (χ3v) is 3.00. The maximum absolute atomic E-state index is 11.4. The van der Waals surface area contributed by atoms with Crippen molar-refractivity contribution in [3.05, 3.63) is 0 Å². The number of amides is 1. The van der Waals surface area contributed by atoms with Gasteiger partial charge < -0.3 is 5.32 Å². The summed E-state index contributed by atoms with van der Waals surface area (Å²) in [7, 11) is 0. The van der Waals surface area contributed by atoms with Crippen LogP contribution in [0.2, 0.25) is 0 Å². The fraction of sp³-hybridized carbons (Fsp3) is 0.818. The Labute approximate surface area is 103 Å². The second-order valence-corrected chi connectivity index (χ2v) is 5.28. The van der Waals surface area contributed by atoms with E-state index in [1.165, 1.54) is 0 Å². The van der Waals surface area contributed by atoms with Crippen LogP contribution in [0, 0.1) is 17.8 Å². The van der Waals surface area contributed by atoms with Gasteiger partial charge in [0.1, 0.15) is 0 Å². The van der Waals surface area contributed by atoms with Crippen molar-refractivity contribution in [2.24, 2.45) is 17.8 Å². The summed E-state index contributed by atoms with van der Waals surface area (Å²) in [5, 5.41) is 3.53. The molecular weight excluding hydrogens is 222 g/mol. The van der Waals surface area contributed by atoms with Gasteiger partial charge in [-0.15, -0.1) is 0 Å². The zero-order chi connectivity index (χ0) is 12.1. The van der Waals surface area contributed by atoms with Crippen molar-refractivity contribution in [2.75, 3.05) is 6.54 Å². The zero-order valence-corrected chi connectivity index (χ0v) is 11.0. The number of thiocarbonyl (C=S) groups is 1. The molecular formula is C11H21N3OS. The monoisotopic (exact) mass is 243 g/mol. The molecule has 0 aromatic carbocycles. The summed E-state index contributed by atoms with van der Waals surface area (Å²) in [6, 6.07) is 0. The van der Waals surface area contributed by atoms with Crippen LogP contribution in [-0.2, 0) is 4.79 Å². The second kappa shape index (κ2) is 6.03. The molecule has 0 radical (unpaired) electrons. The fourth-order valence-electron chi connectivity index (χ4n) is 1.42. The SMILES string of the molecule is CC(C)CCNC(=S)NNC(=O)[C@H]1C[C@@H]1C. The number of carbonyl (C=O) groups excluding carboxylic acids is 1. The smallest absolute Gasteiger partial charge is 0.241 e. The molecule has 0 bridgehead atoms. The Morgan fingerprint density at radius 2 is 2.06 bits per heavy atom. The predicted molar refractivity (Wildman–Crippen MR) is 68.6 cm³/mol. The Morgan fingerprint density at radius 3 is 2.56 bits per heavy atom. The van der Waals surface area contributed by atoms with Gasteiger partial charge in [-0.05, 0) is 36.9 Å². The van der Waals surface area contributed by atoms with E-state index in [9.17, 15) is 4.79 Å². The predicted octanol–water partition coefficient (Wildman–Crippen LogP) is 1.18. The lowest BCUT2D eigenvalue weighted by atomic mass is 10.1. The van der Waals surface area contributed by atoms with Crippen LogP contribution in [0.1, 0.15) is 33.6 Å². The van der Waals surface area contributed by atoms with Crippen molar-refractivity contribution in [2.45, 2.75) is 33.6 Å². The maximum Gasteiger partial charge on any atom is 0.241 e. The average Bonchev–Trinajstić information content (AvgIpc) is 2.91. The van der Waals surface area contributed by atoms with Gasteiger partial charge in [-0.25, -0.2) is 0 Å². The molecule has 1 saturated carbocycles. The van der Waals surface area contributed by atoms with Gasteiger partial charge in [-0.1, -0.05) is 20.8 Å². The van der Waals surface area contributed by atoms with E-state index in [0.717, 1.165) is 19.4 Å². The van der Waals surface area contributed by atoms with E-state index >= 15 is 0 Å². The number of hydrogen-bond acceptors (Lipinski definition) is 2. The molecule has 2 atom stereocenters. The normalized spacial score (nSPS) is 22.8. The van der Waals surface area contributed by atoms with Crippen molar-refractivity contribution >= 4 is 23.2 Å². The molecule has 0 aliphatic heterocycles. The van der Waals surface area contributed by atoms with Crippen molar-refractivity contribution in [3.8, 4) is 0 Å². The minimum Gasteiger partial charge on any atom is -0.361 e. The Hall–Kier alpha value is -0.840. The average molecular weight is 243 g/mol. The Balaban J connectivity index is 2.04. The van der Waals surface area contributed by atoms with E-state index in [4.69, 9.17) is 12.2 Å². The van der Waals surface area contributed by atoms with Gasteiger partial charge in [-0.3, -0.25) is 15.6 Å². The lowest BCUT2D eigenvalue weighted by molar-refractivity contribution is -0.123. The highest BCUT2D eigenvalue weighted by molar-refractivity contribution is 7.80. The first-order valence-electron chi connectivity index (χ1n) is 5.84. The Kier molecular flexibility index (Phi) is 4.99. The van der Waals surface area contributed by atoms with Crippen LogP contribution in [0.3, 0.4) is 0 Å². The molecule has 1 fully saturated rings. The summed E-state index contributed by atoms with van der Waals surface area (Å²) in [5.74, 6) is 1.38. The van der Waals surface area contributed by atoms with Crippen molar-refractivity contribution in [1.82, 2.24) is 16.2 Å². The molecule has 1 aliphatic rings. The summed E-state index contributed by atoms with van der Waals surface area (Å²) in [6.45, 7) is 7.23. The molecule has 0 aromatic heterocycles. The quantitative estimate of drug-likeness (QED) is 0.513. The van der Waals surface area contributed by atoms with Gasteiger partial charge in [0.25, 0.3) is 0 Å². The molecule has 0 heterocycles. The minimum absolute atomic E-state index is 0.0421. The first kappa shape index (κ1) is 13.2. The number of hydrogen-bond donors (Lipinski definition) is 3. The van der Waals surface area contributed by atoms with Crippen molar-refractivity contribution < 1.29 is 4.79 Å². The molecule has 1 amide bonds. The molecule has 92 valence electrons. The van der Waals surface area contributed by atoms with Gasteiger partial charge in [0.2, 0.25) is 5.91 Å². The van der Waals surface area contributed by atoms with Crippen LogP contribution in [0.15, 0.2) is 0 Å². The summed E-state index contributed by atoms with van der Waals surface area (Å²) in [5.41, 5.74) is 5.34. The lowest BCUT2D eigenvalue weighted by Crippen LogP contribution is -2.47. The van der Waals surface area contributed by atoms with Gasteiger partial charge in [0, 0.05) is 12.5 Å². The van der Waals surface area contributed by atoms with E-state index in [-0.39, 0.29) is 11.8 Å². The highest BCUT2D eigenvalue weighted by atomic mass is 32.1. The van der Waals surface area contributed by atoms with Gasteiger partial charge >= 0.3 is 0 Å². The topological polar surface area (TPSA) is 53.2 Å². The number of rotatable bonds is 4. The molecule has 0 aromatic rings. The Morgan fingerprint density at radius 1 is 1.44 bits per heavy atom. The van der Waals surface area contributed by atoms with Crippen molar-refractivity contribution in [1.29, 1.82) is 0 Å².